The fraction of sp³-hybridized carbons (Fsp3) is 0.487. The maximum atomic E-state index is 13.6. The van der Waals surface area contributed by atoms with Gasteiger partial charge in [-0.3, -0.25) is 4.57 Å². The third kappa shape index (κ3) is 10.0. The monoisotopic (exact) mass is 871 g/mol. The number of hydrogen-bond acceptors (Lipinski definition) is 17. The van der Waals surface area contributed by atoms with Crippen LogP contribution < -0.4 is 10.6 Å². The fourth-order valence-electron chi connectivity index (χ4n) is 5.92. The minimum atomic E-state index is -2.57. The zero-order chi connectivity index (χ0) is 44.6. The van der Waals surface area contributed by atoms with Crippen LogP contribution >= 0.6 is 22.9 Å². The molecule has 0 spiro atoms. The fourth-order valence-corrected chi connectivity index (χ4v) is 6.69. The second-order valence-corrected chi connectivity index (χ2v) is 17.7. The Hall–Kier alpha value is -5.59. The molecule has 1 unspecified atom stereocenters. The number of terminal acetylenes is 1. The van der Waals surface area contributed by atoms with E-state index in [2.05, 4.69) is 25.9 Å². The molecule has 4 heterocycles. The molecule has 3 aromatic heterocycles. The maximum absolute atomic E-state index is 13.6. The number of halogens is 1. The van der Waals surface area contributed by atoms with Crippen molar-refractivity contribution >= 4 is 69.9 Å². The average molecular weight is 872 g/mol. The van der Waals surface area contributed by atoms with Crippen molar-refractivity contribution in [2.45, 2.75) is 115 Å². The summed E-state index contributed by atoms with van der Waals surface area (Å²) < 4.78 is 35.8. The molecule has 2 amide bonds. The number of imide groups is 1. The van der Waals surface area contributed by atoms with Crippen molar-refractivity contribution in [1.82, 2.24) is 24.5 Å². The molecule has 0 bridgehead atoms. The number of ether oxygens (including phenoxy) is 6. The van der Waals surface area contributed by atoms with Gasteiger partial charge in [0.25, 0.3) is 0 Å². The Bertz CT molecular complexity index is 2250. The third-order valence-electron chi connectivity index (χ3n) is 8.45. The van der Waals surface area contributed by atoms with E-state index >= 15 is 0 Å². The summed E-state index contributed by atoms with van der Waals surface area (Å²) in [5.74, 6) is 0.353. The Balaban J connectivity index is 1.63. The standard InChI is InChI=1S/C39H46ClN7O12S/c1-11-38(53)24(17-54-39(30(48)49,23-18-60-20-43-23)16-21-12-14-22(41)15-13-21)55-29(26(38)56-34(52)59-37(8,9)10)46-19-42-25-27(46)44-31(40)45-28(25)47(32(50)57-35(2,3)4)33(51)58-36(5,6)7/h1,12-15,18-20,24,26,29,53H,16-17,41H2,2-10H3,(H,48,49)/t24-,26+,29-,38-,39?/m1/s1. The van der Waals surface area contributed by atoms with Gasteiger partial charge in [0, 0.05) is 17.5 Å². The molecule has 1 aromatic carbocycles. The Morgan fingerprint density at radius 3 is 2.10 bits per heavy atom. The molecule has 1 aliphatic rings. The van der Waals surface area contributed by atoms with Crippen LogP contribution in [0.1, 0.15) is 79.8 Å². The van der Waals surface area contributed by atoms with E-state index in [1.165, 1.54) is 10.9 Å². The van der Waals surface area contributed by atoms with Crippen LogP contribution in [0.3, 0.4) is 0 Å². The summed E-state index contributed by atoms with van der Waals surface area (Å²) >= 11 is 7.56. The molecule has 19 nitrogen and oxygen atoms in total. The number of carboxylic acid groups (broad SMARTS) is 1. The van der Waals surface area contributed by atoms with E-state index in [0.29, 0.717) is 16.2 Å². The minimum absolute atomic E-state index is 0.0381. The maximum Gasteiger partial charge on any atom is 0.509 e. The molecular weight excluding hydrogens is 826 g/mol. The van der Waals surface area contributed by atoms with Crippen molar-refractivity contribution in [3.8, 4) is 12.3 Å². The first-order chi connectivity index (χ1) is 27.8. The van der Waals surface area contributed by atoms with Gasteiger partial charge in [-0.25, -0.2) is 29.1 Å². The van der Waals surface area contributed by atoms with Crippen LogP contribution in [0.15, 0.2) is 41.5 Å². The van der Waals surface area contributed by atoms with E-state index < -0.39 is 88.5 Å². The lowest BCUT2D eigenvalue weighted by molar-refractivity contribution is -0.179. The van der Waals surface area contributed by atoms with E-state index in [1.807, 2.05) is 0 Å². The molecule has 4 N–H and O–H groups in total. The Morgan fingerprint density at radius 1 is 0.983 bits per heavy atom. The first kappa shape index (κ1) is 45.5. The summed E-state index contributed by atoms with van der Waals surface area (Å²) in [6, 6.07) is 6.46. The lowest BCUT2D eigenvalue weighted by Crippen LogP contribution is -2.52. The second kappa shape index (κ2) is 16.8. The lowest BCUT2D eigenvalue weighted by atomic mass is 9.90. The molecule has 0 saturated carbocycles. The van der Waals surface area contributed by atoms with Gasteiger partial charge in [0.05, 0.1) is 24.1 Å². The number of nitrogens with zero attached hydrogens (tertiary/aromatic N) is 6. The van der Waals surface area contributed by atoms with Crippen LogP contribution in [0.2, 0.25) is 5.28 Å². The van der Waals surface area contributed by atoms with E-state index in [4.69, 9.17) is 52.2 Å². The van der Waals surface area contributed by atoms with Crippen LogP contribution in [0.5, 0.6) is 0 Å². The summed E-state index contributed by atoms with van der Waals surface area (Å²) in [5, 5.41) is 24.0. The number of amides is 2. The normalized spacial score (nSPS) is 20.5. The lowest BCUT2D eigenvalue weighted by Gasteiger charge is -2.32. The number of carbonyl (C=O) groups excluding carboxylic acids is 3. The molecule has 5 rings (SSSR count). The number of fused-ring (bicyclic) bond motifs is 1. The predicted octanol–water partition coefficient (Wildman–Crippen LogP) is 6.02. The summed E-state index contributed by atoms with van der Waals surface area (Å²) in [4.78, 5) is 71.3. The summed E-state index contributed by atoms with van der Waals surface area (Å²) in [6.45, 7) is 13.5. The van der Waals surface area contributed by atoms with Crippen LogP contribution in [-0.4, -0.2) is 100 Å². The highest BCUT2D eigenvalue weighted by molar-refractivity contribution is 7.07. The van der Waals surface area contributed by atoms with Crippen molar-refractivity contribution < 1.29 is 57.8 Å². The van der Waals surface area contributed by atoms with Crippen molar-refractivity contribution in [3.05, 3.63) is 58.0 Å². The zero-order valence-electron chi connectivity index (χ0n) is 34.3. The Kier molecular flexibility index (Phi) is 12.7. The van der Waals surface area contributed by atoms with Gasteiger partial charge in [-0.15, -0.1) is 17.8 Å². The highest BCUT2D eigenvalue weighted by Crippen LogP contribution is 2.43. The van der Waals surface area contributed by atoms with Gasteiger partial charge in [0.15, 0.2) is 34.9 Å². The molecule has 4 aromatic rings. The van der Waals surface area contributed by atoms with E-state index in [9.17, 15) is 29.4 Å². The molecule has 0 aliphatic carbocycles. The number of aliphatic carboxylic acids is 1. The molecule has 5 atom stereocenters. The molecule has 1 saturated heterocycles. The Labute approximate surface area is 354 Å². The highest BCUT2D eigenvalue weighted by atomic mass is 35.5. The van der Waals surface area contributed by atoms with Crippen LogP contribution in [0.25, 0.3) is 11.2 Å². The number of carbonyl (C=O) groups is 4. The number of nitrogen functional groups attached to an aromatic ring is 1. The van der Waals surface area contributed by atoms with Crippen LogP contribution in [-0.2, 0) is 45.2 Å². The van der Waals surface area contributed by atoms with Crippen molar-refractivity contribution in [1.29, 1.82) is 0 Å². The van der Waals surface area contributed by atoms with Gasteiger partial charge in [-0.1, -0.05) is 18.1 Å². The van der Waals surface area contributed by atoms with Gasteiger partial charge in [0.1, 0.15) is 22.9 Å². The average Bonchev–Trinajstić information content (AvgIpc) is 3.85. The number of aromatic nitrogens is 5. The number of thiazole rings is 1. The minimum Gasteiger partial charge on any atom is -0.479 e. The molecular formula is C39H46ClN7O12S. The topological polar surface area (TPSA) is 250 Å². The molecule has 1 fully saturated rings. The molecule has 60 heavy (non-hydrogen) atoms. The summed E-state index contributed by atoms with van der Waals surface area (Å²) in [5.41, 5.74) is -0.0792. The smallest absolute Gasteiger partial charge is 0.479 e. The van der Waals surface area contributed by atoms with E-state index in [-0.39, 0.29) is 23.3 Å². The van der Waals surface area contributed by atoms with Crippen molar-refractivity contribution in [2.24, 2.45) is 0 Å². The number of rotatable bonds is 10. The third-order valence-corrected chi connectivity index (χ3v) is 9.21. The molecule has 1 aliphatic heterocycles. The van der Waals surface area contributed by atoms with Gasteiger partial charge >= 0.3 is 24.3 Å². The van der Waals surface area contributed by atoms with E-state index in [0.717, 1.165) is 22.2 Å². The number of anilines is 2. The number of nitrogens with two attached hydrogens (primary N) is 1. The quantitative estimate of drug-likeness (QED) is 0.0542. The molecule has 21 heteroatoms. The number of benzene rings is 1. The number of imidazole rings is 1. The van der Waals surface area contributed by atoms with Crippen molar-refractivity contribution in [3.63, 3.8) is 0 Å². The van der Waals surface area contributed by atoms with Gasteiger partial charge in [-0.05, 0) is 91.6 Å². The summed E-state index contributed by atoms with van der Waals surface area (Å²) in [7, 11) is 0. The predicted molar refractivity (Wildman–Crippen MR) is 216 cm³/mol. The van der Waals surface area contributed by atoms with Gasteiger partial charge in [-0.2, -0.15) is 14.9 Å². The number of aliphatic hydroxyl groups is 1. The molecule has 0 radical (unpaired) electrons. The second-order valence-electron chi connectivity index (χ2n) is 16.7. The number of carboxylic acids is 1. The van der Waals surface area contributed by atoms with Crippen LogP contribution in [0, 0.1) is 12.3 Å². The van der Waals surface area contributed by atoms with Crippen LogP contribution in [0.4, 0.5) is 25.9 Å². The SMILES string of the molecule is C#C[C@@]1(O)[C@@H](COC(Cc2ccc(N)cc2)(C(=O)O)c2cscn2)O[C@@H](n2cnc3c(N(C(=O)OC(C)(C)C)C(=O)OC(C)(C)C)nc(Cl)nc32)[C@@H]1OC(=O)OC(C)(C)C. The van der Waals surface area contributed by atoms with Gasteiger partial charge in [0.2, 0.25) is 10.9 Å². The zero-order valence-corrected chi connectivity index (χ0v) is 35.9. The highest BCUT2D eigenvalue weighted by Gasteiger charge is 2.60. The molecule has 322 valence electrons. The number of hydrogen-bond donors (Lipinski definition) is 3. The first-order valence-corrected chi connectivity index (χ1v) is 19.6. The largest absolute Gasteiger partial charge is 0.509 e. The van der Waals surface area contributed by atoms with Crippen molar-refractivity contribution in [2.75, 3.05) is 17.2 Å². The Morgan fingerprint density at radius 2 is 1.58 bits per heavy atom. The van der Waals surface area contributed by atoms with E-state index in [1.54, 1.807) is 86.6 Å². The summed E-state index contributed by atoms with van der Waals surface area (Å²) in [6.07, 6.45) is -1.91. The van der Waals surface area contributed by atoms with Gasteiger partial charge < -0.3 is 44.4 Å². The first-order valence-electron chi connectivity index (χ1n) is 18.3.